The zero-order valence-electron chi connectivity index (χ0n) is 12.0. The summed E-state index contributed by atoms with van der Waals surface area (Å²) >= 11 is 0. The number of ether oxygens (including phenoxy) is 1. The predicted molar refractivity (Wildman–Crippen MR) is 80.9 cm³/mol. The SMILES string of the molecule is COc1ccc(C(=O)CC2(O)C(=O)Nc3ccccc32)cc1. The second-order valence-corrected chi connectivity index (χ2v) is 5.19. The number of anilines is 1. The number of rotatable bonds is 4. The van der Waals surface area contributed by atoms with Gasteiger partial charge in [0.15, 0.2) is 11.4 Å². The number of carbonyl (C=O) groups is 2. The van der Waals surface area contributed by atoms with Crippen LogP contribution in [0, 0.1) is 0 Å². The van der Waals surface area contributed by atoms with E-state index in [0.717, 1.165) is 0 Å². The molecule has 0 saturated heterocycles. The van der Waals surface area contributed by atoms with Gasteiger partial charge in [-0.25, -0.2) is 0 Å². The van der Waals surface area contributed by atoms with Crippen molar-refractivity contribution in [2.24, 2.45) is 0 Å². The number of fused-ring (bicyclic) bond motifs is 1. The fourth-order valence-electron chi connectivity index (χ4n) is 2.59. The number of aliphatic hydroxyl groups is 1. The van der Waals surface area contributed by atoms with Crippen molar-refractivity contribution in [3.05, 3.63) is 59.7 Å². The van der Waals surface area contributed by atoms with E-state index in [0.29, 0.717) is 22.6 Å². The van der Waals surface area contributed by atoms with Crippen molar-refractivity contribution in [3.63, 3.8) is 0 Å². The first-order chi connectivity index (χ1) is 10.5. The molecule has 0 radical (unpaired) electrons. The van der Waals surface area contributed by atoms with Gasteiger partial charge in [-0.3, -0.25) is 9.59 Å². The van der Waals surface area contributed by atoms with Gasteiger partial charge in [-0.2, -0.15) is 0 Å². The summed E-state index contributed by atoms with van der Waals surface area (Å²) in [6, 6.07) is 13.4. The Morgan fingerprint density at radius 3 is 2.55 bits per heavy atom. The molecule has 1 aliphatic heterocycles. The summed E-state index contributed by atoms with van der Waals surface area (Å²) in [5, 5.41) is 13.3. The molecule has 2 aromatic carbocycles. The average Bonchev–Trinajstić information content (AvgIpc) is 2.79. The first-order valence-electron chi connectivity index (χ1n) is 6.85. The van der Waals surface area contributed by atoms with E-state index in [1.54, 1.807) is 55.6 Å². The number of hydrogen-bond donors (Lipinski definition) is 2. The maximum atomic E-state index is 12.4. The van der Waals surface area contributed by atoms with E-state index in [1.165, 1.54) is 0 Å². The fraction of sp³-hybridized carbons (Fsp3) is 0.176. The molecule has 0 bridgehead atoms. The van der Waals surface area contributed by atoms with Crippen LogP contribution in [0.15, 0.2) is 48.5 Å². The summed E-state index contributed by atoms with van der Waals surface area (Å²) in [7, 11) is 1.54. The van der Waals surface area contributed by atoms with Crippen molar-refractivity contribution in [3.8, 4) is 5.75 Å². The molecule has 1 aliphatic rings. The summed E-state index contributed by atoms with van der Waals surface area (Å²) in [4.78, 5) is 24.5. The Balaban J connectivity index is 1.88. The van der Waals surface area contributed by atoms with Crippen molar-refractivity contribution < 1.29 is 19.4 Å². The minimum Gasteiger partial charge on any atom is -0.497 e. The van der Waals surface area contributed by atoms with Crippen LogP contribution in [0.5, 0.6) is 5.75 Å². The number of carbonyl (C=O) groups excluding carboxylic acids is 2. The van der Waals surface area contributed by atoms with E-state index < -0.39 is 11.5 Å². The first-order valence-corrected chi connectivity index (χ1v) is 6.85. The summed E-state index contributed by atoms with van der Waals surface area (Å²) < 4.78 is 5.04. The number of Topliss-reactive ketones (excluding diaryl/α,β-unsaturated/α-hetero) is 1. The minimum absolute atomic E-state index is 0.303. The van der Waals surface area contributed by atoms with Crippen LogP contribution in [0.1, 0.15) is 22.3 Å². The second kappa shape index (κ2) is 5.27. The molecule has 1 heterocycles. The molecule has 0 saturated carbocycles. The lowest BCUT2D eigenvalue weighted by Gasteiger charge is -2.20. The van der Waals surface area contributed by atoms with Crippen LogP contribution >= 0.6 is 0 Å². The minimum atomic E-state index is -1.83. The zero-order chi connectivity index (χ0) is 15.7. The summed E-state index contributed by atoms with van der Waals surface area (Å²) in [5.41, 5.74) is -0.432. The largest absolute Gasteiger partial charge is 0.497 e. The van der Waals surface area contributed by atoms with Crippen molar-refractivity contribution in [1.29, 1.82) is 0 Å². The number of amides is 1. The zero-order valence-corrected chi connectivity index (χ0v) is 12.0. The number of para-hydroxylation sites is 1. The Kier molecular flexibility index (Phi) is 3.42. The van der Waals surface area contributed by atoms with Crippen LogP contribution < -0.4 is 10.1 Å². The van der Waals surface area contributed by atoms with Crippen molar-refractivity contribution >= 4 is 17.4 Å². The monoisotopic (exact) mass is 297 g/mol. The van der Waals surface area contributed by atoms with E-state index in [9.17, 15) is 14.7 Å². The van der Waals surface area contributed by atoms with E-state index in [4.69, 9.17) is 4.74 Å². The number of hydrogen-bond acceptors (Lipinski definition) is 4. The number of benzene rings is 2. The molecule has 1 atom stereocenters. The molecular formula is C17H15NO4. The number of methoxy groups -OCH3 is 1. The van der Waals surface area contributed by atoms with Crippen molar-refractivity contribution in [1.82, 2.24) is 0 Å². The van der Waals surface area contributed by atoms with Crippen molar-refractivity contribution in [2.45, 2.75) is 12.0 Å². The summed E-state index contributed by atoms with van der Waals surface area (Å²) in [6.07, 6.45) is -0.303. The predicted octanol–water partition coefficient (Wildman–Crippen LogP) is 2.11. The van der Waals surface area contributed by atoms with Gasteiger partial charge in [0.2, 0.25) is 0 Å². The van der Waals surface area contributed by atoms with Gasteiger partial charge >= 0.3 is 0 Å². The average molecular weight is 297 g/mol. The molecule has 22 heavy (non-hydrogen) atoms. The molecule has 1 amide bonds. The Hall–Kier alpha value is -2.66. The first kappa shape index (κ1) is 14.3. The molecule has 2 aromatic rings. The third kappa shape index (κ3) is 2.25. The highest BCUT2D eigenvalue weighted by Crippen LogP contribution is 2.38. The lowest BCUT2D eigenvalue weighted by Crippen LogP contribution is -2.36. The van der Waals surface area contributed by atoms with E-state index in [2.05, 4.69) is 5.32 Å². The molecule has 2 N–H and O–H groups in total. The Morgan fingerprint density at radius 1 is 1.18 bits per heavy atom. The van der Waals surface area contributed by atoms with Gasteiger partial charge in [0.05, 0.1) is 13.5 Å². The molecule has 0 aromatic heterocycles. The van der Waals surface area contributed by atoms with Gasteiger partial charge in [0.25, 0.3) is 5.91 Å². The fourth-order valence-corrected chi connectivity index (χ4v) is 2.59. The molecule has 112 valence electrons. The van der Waals surface area contributed by atoms with Crippen LogP contribution in [0.2, 0.25) is 0 Å². The molecule has 3 rings (SSSR count). The quantitative estimate of drug-likeness (QED) is 0.848. The smallest absolute Gasteiger partial charge is 0.261 e. The molecule has 0 aliphatic carbocycles. The Labute approximate surface area is 127 Å². The normalized spacial score (nSPS) is 19.5. The van der Waals surface area contributed by atoms with Crippen LogP contribution in [-0.2, 0) is 10.4 Å². The van der Waals surface area contributed by atoms with Gasteiger partial charge in [0.1, 0.15) is 5.75 Å². The van der Waals surface area contributed by atoms with Crippen LogP contribution in [-0.4, -0.2) is 23.9 Å². The lowest BCUT2D eigenvalue weighted by atomic mass is 9.88. The Bertz CT molecular complexity index is 739. The third-order valence-electron chi connectivity index (χ3n) is 3.82. The van der Waals surface area contributed by atoms with E-state index in [-0.39, 0.29) is 12.2 Å². The van der Waals surface area contributed by atoms with Crippen LogP contribution in [0.4, 0.5) is 5.69 Å². The number of nitrogens with one attached hydrogen (secondary N) is 1. The van der Waals surface area contributed by atoms with Crippen molar-refractivity contribution in [2.75, 3.05) is 12.4 Å². The molecule has 0 fully saturated rings. The van der Waals surface area contributed by atoms with Gasteiger partial charge in [0, 0.05) is 16.8 Å². The second-order valence-electron chi connectivity index (χ2n) is 5.19. The lowest BCUT2D eigenvalue weighted by molar-refractivity contribution is -0.133. The Morgan fingerprint density at radius 2 is 1.86 bits per heavy atom. The van der Waals surface area contributed by atoms with Gasteiger partial charge in [-0.15, -0.1) is 0 Å². The third-order valence-corrected chi connectivity index (χ3v) is 3.82. The number of ketones is 1. The highest BCUT2D eigenvalue weighted by atomic mass is 16.5. The van der Waals surface area contributed by atoms with Gasteiger partial charge < -0.3 is 15.2 Å². The molecule has 1 unspecified atom stereocenters. The maximum Gasteiger partial charge on any atom is 0.261 e. The molecule has 0 spiro atoms. The highest BCUT2D eigenvalue weighted by molar-refractivity contribution is 6.09. The van der Waals surface area contributed by atoms with Crippen LogP contribution in [0.25, 0.3) is 0 Å². The molecular weight excluding hydrogens is 282 g/mol. The molecule has 5 nitrogen and oxygen atoms in total. The van der Waals surface area contributed by atoms with E-state index in [1.807, 2.05) is 0 Å². The van der Waals surface area contributed by atoms with Crippen LogP contribution in [0.3, 0.4) is 0 Å². The van der Waals surface area contributed by atoms with E-state index >= 15 is 0 Å². The molecule has 5 heteroatoms. The summed E-state index contributed by atoms with van der Waals surface area (Å²) in [5.74, 6) is -0.244. The van der Waals surface area contributed by atoms with Gasteiger partial charge in [-0.1, -0.05) is 18.2 Å². The highest BCUT2D eigenvalue weighted by Gasteiger charge is 2.46. The van der Waals surface area contributed by atoms with Gasteiger partial charge in [-0.05, 0) is 30.3 Å². The maximum absolute atomic E-state index is 12.4. The standard InChI is InChI=1S/C17H15NO4/c1-22-12-8-6-11(7-9-12)15(19)10-17(21)13-4-2-3-5-14(13)18-16(17)20/h2-9,21H,10H2,1H3,(H,18,20). The topological polar surface area (TPSA) is 75.6 Å². The summed E-state index contributed by atoms with van der Waals surface area (Å²) in [6.45, 7) is 0.